The van der Waals surface area contributed by atoms with Gasteiger partial charge in [0.15, 0.2) is 0 Å². The molecule has 0 amide bonds. The van der Waals surface area contributed by atoms with Crippen LogP contribution in [0.15, 0.2) is 0 Å². The fourth-order valence-electron chi connectivity index (χ4n) is 5.72. The van der Waals surface area contributed by atoms with Crippen molar-refractivity contribution in [1.82, 2.24) is 0 Å². The van der Waals surface area contributed by atoms with Gasteiger partial charge in [-0.05, 0) is 12.8 Å². The lowest BCUT2D eigenvalue weighted by Crippen LogP contribution is -2.64. The summed E-state index contributed by atoms with van der Waals surface area (Å²) in [6, 6.07) is 0. The second-order valence-corrected chi connectivity index (χ2v) is 18.8. The van der Waals surface area contributed by atoms with Gasteiger partial charge in [-0.2, -0.15) is 0 Å². The zero-order valence-corrected chi connectivity index (χ0v) is 39.5. The molecule has 4 saturated heterocycles. The molecular weight excluding hydrogens is 876 g/mol. The minimum atomic E-state index is -1.83. The zero-order chi connectivity index (χ0) is 42.4. The Labute approximate surface area is 361 Å². The van der Waals surface area contributed by atoms with Crippen LogP contribution >= 0.6 is 34.4 Å². The van der Waals surface area contributed by atoms with Crippen molar-refractivity contribution in [3.05, 3.63) is 0 Å². The summed E-state index contributed by atoms with van der Waals surface area (Å²) in [4.78, 5) is 0. The van der Waals surface area contributed by atoms with Crippen LogP contribution < -0.4 is 0 Å². The largest absolute Gasteiger partial charge is 0.382 e. The van der Waals surface area contributed by atoms with Crippen molar-refractivity contribution in [2.45, 2.75) is 51.7 Å². The van der Waals surface area contributed by atoms with E-state index in [9.17, 15) is 0 Å². The molecular formula is C36H70O20P4. The van der Waals surface area contributed by atoms with Crippen molar-refractivity contribution in [3.63, 3.8) is 0 Å². The van der Waals surface area contributed by atoms with Gasteiger partial charge in [-0.15, -0.1) is 0 Å². The van der Waals surface area contributed by atoms with Crippen molar-refractivity contribution >= 4 is 34.4 Å². The molecule has 20 nitrogen and oxygen atoms in total. The molecule has 0 aromatic heterocycles. The average Bonchev–Trinajstić information content (AvgIpc) is 3.27. The van der Waals surface area contributed by atoms with Gasteiger partial charge in [-0.25, -0.2) is 0 Å². The van der Waals surface area contributed by atoms with Gasteiger partial charge in [0.1, 0.15) is 12.2 Å². The highest BCUT2D eigenvalue weighted by atomic mass is 31.2. The van der Waals surface area contributed by atoms with Crippen LogP contribution in [0.4, 0.5) is 0 Å². The van der Waals surface area contributed by atoms with Gasteiger partial charge < -0.3 is 92.2 Å². The van der Waals surface area contributed by atoms with Crippen molar-refractivity contribution in [2.75, 3.05) is 173 Å². The molecule has 354 valence electrons. The lowest BCUT2D eigenvalue weighted by Gasteiger charge is -2.55. The third-order valence-corrected chi connectivity index (χ3v) is 13.6. The molecule has 0 N–H and O–H groups in total. The molecule has 4 unspecified atom stereocenters. The van der Waals surface area contributed by atoms with E-state index in [2.05, 4.69) is 13.8 Å². The van der Waals surface area contributed by atoms with Crippen LogP contribution in [-0.2, 0) is 92.2 Å². The summed E-state index contributed by atoms with van der Waals surface area (Å²) in [7, 11) is -3.71. The van der Waals surface area contributed by atoms with E-state index >= 15 is 0 Å². The molecule has 4 rings (SSSR count). The molecule has 4 atom stereocenters. The highest BCUT2D eigenvalue weighted by Crippen LogP contribution is 2.62. The third kappa shape index (κ3) is 20.2. The highest BCUT2D eigenvalue weighted by molar-refractivity contribution is 7.42. The lowest BCUT2D eigenvalue weighted by atomic mass is 9.72. The first-order chi connectivity index (χ1) is 29.6. The van der Waals surface area contributed by atoms with Crippen molar-refractivity contribution in [2.24, 2.45) is 10.8 Å². The van der Waals surface area contributed by atoms with Crippen LogP contribution in [0.1, 0.15) is 39.5 Å². The maximum atomic E-state index is 6.76. The summed E-state index contributed by atoms with van der Waals surface area (Å²) in [6.45, 7) is 13.3. The van der Waals surface area contributed by atoms with Crippen LogP contribution in [0, 0.1) is 10.8 Å². The van der Waals surface area contributed by atoms with Crippen LogP contribution in [0.3, 0.4) is 0 Å². The molecule has 0 bridgehead atoms. The van der Waals surface area contributed by atoms with Crippen LogP contribution in [0.25, 0.3) is 0 Å². The number of unbranched alkanes of at least 4 members (excludes halogenated alkanes) is 2. The molecule has 4 heterocycles. The van der Waals surface area contributed by atoms with E-state index in [4.69, 9.17) is 92.2 Å². The predicted octanol–water partition coefficient (Wildman–Crippen LogP) is 5.85. The van der Waals surface area contributed by atoms with Gasteiger partial charge in [-0.1, -0.05) is 26.7 Å². The number of ether oxygens (including phenoxy) is 8. The van der Waals surface area contributed by atoms with Gasteiger partial charge in [0.25, 0.3) is 0 Å². The highest BCUT2D eigenvalue weighted by Gasteiger charge is 2.62. The third-order valence-electron chi connectivity index (χ3n) is 9.22. The molecule has 2 spiro atoms. The predicted molar refractivity (Wildman–Crippen MR) is 220 cm³/mol. The molecule has 0 radical (unpaired) electrons. The summed E-state index contributed by atoms with van der Waals surface area (Å²) < 4.78 is 119. The standard InChI is InChI=1S/C36H70O20P4/c1-5-7-9-39-15-17-43-20-24-46-58-51-29-36(30-52-58)32-54-60(48-26-22-44-18-16-40-10-8-6-2)56-34(36)33-35(31-53-59(55-33)47-25-21-42-14-12-38-4)27-49-57(50-28-35)45-23-19-41-13-11-37-3/h33-34H,5-32H2,1-4H3. The van der Waals surface area contributed by atoms with E-state index in [1.807, 2.05) is 0 Å². The molecule has 4 fully saturated rings. The number of rotatable bonds is 35. The minimum absolute atomic E-state index is 0.197. The second kappa shape index (κ2) is 33.4. The van der Waals surface area contributed by atoms with E-state index in [0.29, 0.717) is 92.5 Å². The summed E-state index contributed by atoms with van der Waals surface area (Å²) in [6.07, 6.45) is 2.84. The zero-order valence-electron chi connectivity index (χ0n) is 35.9. The van der Waals surface area contributed by atoms with Gasteiger partial charge in [0, 0.05) is 27.4 Å². The Morgan fingerprint density at radius 1 is 0.367 bits per heavy atom. The van der Waals surface area contributed by atoms with Crippen molar-refractivity contribution < 1.29 is 92.2 Å². The fraction of sp³-hybridized carbons (Fsp3) is 1.00. The van der Waals surface area contributed by atoms with Crippen LogP contribution in [0.2, 0.25) is 0 Å². The Morgan fingerprint density at radius 2 is 0.633 bits per heavy atom. The monoisotopic (exact) mass is 946 g/mol. The maximum Gasteiger partial charge on any atom is 0.333 e. The normalized spacial score (nSPS) is 29.8. The van der Waals surface area contributed by atoms with Gasteiger partial charge in [0.05, 0.1) is 156 Å². The minimum Gasteiger partial charge on any atom is -0.382 e. The summed E-state index contributed by atoms with van der Waals surface area (Å²) in [5.41, 5.74) is -1.66. The fourth-order valence-corrected chi connectivity index (χ4v) is 10.7. The molecule has 0 aromatic rings. The molecule has 4 aliphatic heterocycles. The molecule has 24 heteroatoms. The number of hydrogen-bond donors (Lipinski definition) is 0. The van der Waals surface area contributed by atoms with E-state index in [0.717, 1.165) is 38.9 Å². The molecule has 0 saturated carbocycles. The first-order valence-electron chi connectivity index (χ1n) is 20.9. The van der Waals surface area contributed by atoms with Gasteiger partial charge >= 0.3 is 34.4 Å². The first kappa shape index (κ1) is 53.5. The van der Waals surface area contributed by atoms with E-state index in [-0.39, 0.29) is 52.9 Å². The van der Waals surface area contributed by atoms with E-state index in [1.165, 1.54) is 0 Å². The second-order valence-electron chi connectivity index (χ2n) is 14.0. The maximum absolute atomic E-state index is 6.76. The number of hydrogen-bond acceptors (Lipinski definition) is 20. The Hall–Kier alpha value is 0.920. The Balaban J connectivity index is 1.40. The Bertz CT molecular complexity index is 1020. The van der Waals surface area contributed by atoms with Crippen molar-refractivity contribution in [3.8, 4) is 0 Å². The molecule has 0 aliphatic carbocycles. The van der Waals surface area contributed by atoms with E-state index < -0.39 is 57.4 Å². The smallest absolute Gasteiger partial charge is 0.333 e. The lowest BCUT2D eigenvalue weighted by molar-refractivity contribution is -0.207. The van der Waals surface area contributed by atoms with Crippen LogP contribution in [0.5, 0.6) is 0 Å². The Morgan fingerprint density at radius 3 is 0.950 bits per heavy atom. The van der Waals surface area contributed by atoms with Crippen molar-refractivity contribution in [1.29, 1.82) is 0 Å². The van der Waals surface area contributed by atoms with Gasteiger partial charge in [-0.3, -0.25) is 0 Å². The molecule has 4 aliphatic rings. The summed E-state index contributed by atoms with van der Waals surface area (Å²) >= 11 is 0. The molecule has 60 heavy (non-hydrogen) atoms. The summed E-state index contributed by atoms with van der Waals surface area (Å²) in [5.74, 6) is 0. The quantitative estimate of drug-likeness (QED) is 0.0544. The topological polar surface area (TPSA) is 185 Å². The molecule has 0 aromatic carbocycles. The van der Waals surface area contributed by atoms with Crippen LogP contribution in [-0.4, -0.2) is 185 Å². The van der Waals surface area contributed by atoms with Gasteiger partial charge in [0.2, 0.25) is 0 Å². The first-order valence-corrected chi connectivity index (χ1v) is 25.2. The SMILES string of the molecule is CCCCOCCOCCOP1OCC2(CO1)COP(OCCOCCOCCCC)OC2C1OP(OCCOCCOC)OCC12COP(OCCOCCOC)OC2. The summed E-state index contributed by atoms with van der Waals surface area (Å²) in [5, 5.41) is 0. The number of methoxy groups -OCH3 is 2. The van der Waals surface area contributed by atoms with E-state index in [1.54, 1.807) is 14.2 Å². The average molecular weight is 947 g/mol. The Kier molecular flexibility index (Phi) is 29.8.